The van der Waals surface area contributed by atoms with Gasteiger partial charge in [0, 0.05) is 23.4 Å². The highest BCUT2D eigenvalue weighted by Crippen LogP contribution is 2.31. The number of hydrogen-bond acceptors (Lipinski definition) is 10. The Hall–Kier alpha value is -1.98. The van der Waals surface area contributed by atoms with Crippen LogP contribution < -0.4 is 0 Å². The van der Waals surface area contributed by atoms with Gasteiger partial charge in [0.2, 0.25) is 11.8 Å². The Morgan fingerprint density at radius 3 is 2.54 bits per heavy atom. The molecule has 0 fully saturated rings. The van der Waals surface area contributed by atoms with Crippen LogP contribution in [0.2, 0.25) is 0 Å². The van der Waals surface area contributed by atoms with Gasteiger partial charge in [-0.3, -0.25) is 10.1 Å². The van der Waals surface area contributed by atoms with Crippen LogP contribution in [0.1, 0.15) is 25.7 Å². The molecule has 0 unspecified atom stereocenters. The molecule has 8 nitrogen and oxygen atoms in total. The van der Waals surface area contributed by atoms with Crippen LogP contribution >= 0.6 is 34.9 Å². The minimum atomic E-state index is -0.448. The molecule has 136 valence electrons. The number of hydrogen-bond donors (Lipinski definition) is 0. The van der Waals surface area contributed by atoms with Crippen molar-refractivity contribution in [2.24, 2.45) is 0 Å². The van der Waals surface area contributed by atoms with Crippen LogP contribution in [0.15, 0.2) is 37.4 Å². The minimum Gasteiger partial charge on any atom is -0.420 e. The van der Waals surface area contributed by atoms with Crippen molar-refractivity contribution in [1.29, 1.82) is 0 Å². The van der Waals surface area contributed by atoms with Crippen molar-refractivity contribution >= 4 is 40.5 Å². The maximum Gasteiger partial charge on any atom is 0.269 e. The van der Waals surface area contributed by atoms with E-state index in [1.54, 1.807) is 35.2 Å². The molecule has 0 atom stereocenters. The topological polar surface area (TPSA) is 108 Å². The van der Waals surface area contributed by atoms with E-state index in [4.69, 9.17) is 4.42 Å². The van der Waals surface area contributed by atoms with Crippen molar-refractivity contribution < 1.29 is 9.34 Å². The van der Waals surface area contributed by atoms with E-state index in [0.717, 1.165) is 14.4 Å². The van der Waals surface area contributed by atoms with E-state index in [0.29, 0.717) is 23.1 Å². The summed E-state index contributed by atoms with van der Waals surface area (Å²) in [5.41, 5.74) is 0.665. The molecular weight excluding hydrogens is 394 g/mol. The Kier molecular flexibility index (Phi) is 6.58. The summed E-state index contributed by atoms with van der Waals surface area (Å²) >= 11 is 4.78. The summed E-state index contributed by atoms with van der Waals surface area (Å²) in [7, 11) is 0. The lowest BCUT2D eigenvalue weighted by atomic mass is 10.2. The van der Waals surface area contributed by atoms with Gasteiger partial charge in [-0.15, -0.1) is 20.4 Å². The van der Waals surface area contributed by atoms with Crippen molar-refractivity contribution in [1.82, 2.24) is 20.4 Å². The average molecular weight is 410 g/mol. The standard InChI is InChI=1S/C15H15N5O3S3/c1-2-3-8-24-14-18-19-15(26-14)25-9-12-16-17-13(23-12)10-4-6-11(7-5-10)20(21)22/h4-7H,2-3,8-9H2,1H3. The van der Waals surface area contributed by atoms with Crippen LogP contribution in [0.3, 0.4) is 0 Å². The molecule has 0 radical (unpaired) electrons. The van der Waals surface area contributed by atoms with Gasteiger partial charge in [-0.1, -0.05) is 48.2 Å². The Balaban J connectivity index is 1.56. The number of aromatic nitrogens is 4. The normalized spacial score (nSPS) is 11.0. The third-order valence-electron chi connectivity index (χ3n) is 3.22. The van der Waals surface area contributed by atoms with E-state index in [1.165, 1.54) is 36.7 Å². The van der Waals surface area contributed by atoms with Gasteiger partial charge in [-0.2, -0.15) is 0 Å². The molecule has 3 aromatic rings. The van der Waals surface area contributed by atoms with E-state index in [-0.39, 0.29) is 5.69 Å². The van der Waals surface area contributed by atoms with Crippen molar-refractivity contribution in [2.45, 2.75) is 34.2 Å². The zero-order chi connectivity index (χ0) is 18.4. The smallest absolute Gasteiger partial charge is 0.269 e. The van der Waals surface area contributed by atoms with Crippen LogP contribution in [0, 0.1) is 10.1 Å². The fraction of sp³-hybridized carbons (Fsp3) is 0.333. The first-order valence-corrected chi connectivity index (χ1v) is 10.6. The molecule has 0 bridgehead atoms. The van der Waals surface area contributed by atoms with Gasteiger partial charge in [-0.05, 0) is 18.6 Å². The number of nitro groups is 1. The van der Waals surface area contributed by atoms with Crippen molar-refractivity contribution in [2.75, 3.05) is 5.75 Å². The number of rotatable bonds is 9. The first-order valence-electron chi connectivity index (χ1n) is 7.82. The predicted octanol–water partition coefficient (Wildman–Crippen LogP) is 4.68. The lowest BCUT2D eigenvalue weighted by molar-refractivity contribution is -0.384. The van der Waals surface area contributed by atoms with Crippen LogP contribution in [0.4, 0.5) is 5.69 Å². The second-order valence-electron chi connectivity index (χ2n) is 5.13. The Labute approximate surface area is 162 Å². The Morgan fingerprint density at radius 1 is 1.12 bits per heavy atom. The molecule has 1 aromatic carbocycles. The predicted molar refractivity (Wildman–Crippen MR) is 101 cm³/mol. The fourth-order valence-corrected chi connectivity index (χ4v) is 4.91. The van der Waals surface area contributed by atoms with Gasteiger partial charge in [0.1, 0.15) is 0 Å². The number of nitro benzene ring substituents is 1. The highest BCUT2D eigenvalue weighted by atomic mass is 32.2. The molecule has 2 aromatic heterocycles. The monoisotopic (exact) mass is 409 g/mol. The lowest BCUT2D eigenvalue weighted by Crippen LogP contribution is -1.87. The van der Waals surface area contributed by atoms with Crippen LogP contribution in [0.25, 0.3) is 11.5 Å². The zero-order valence-electron chi connectivity index (χ0n) is 13.8. The van der Waals surface area contributed by atoms with Crippen molar-refractivity contribution in [3.63, 3.8) is 0 Å². The molecule has 0 spiro atoms. The van der Waals surface area contributed by atoms with Crippen LogP contribution in [0.5, 0.6) is 0 Å². The second kappa shape index (κ2) is 9.10. The summed E-state index contributed by atoms with van der Waals surface area (Å²) in [6.07, 6.45) is 2.34. The third-order valence-corrected chi connectivity index (χ3v) is 6.48. The summed E-state index contributed by atoms with van der Waals surface area (Å²) in [5.74, 6) is 2.36. The Bertz CT molecular complexity index is 866. The lowest BCUT2D eigenvalue weighted by Gasteiger charge is -1.94. The van der Waals surface area contributed by atoms with Gasteiger partial charge in [0.15, 0.2) is 8.68 Å². The summed E-state index contributed by atoms with van der Waals surface area (Å²) in [6.45, 7) is 2.16. The third kappa shape index (κ3) is 5.02. The van der Waals surface area contributed by atoms with Gasteiger partial charge < -0.3 is 4.42 Å². The van der Waals surface area contributed by atoms with E-state index >= 15 is 0 Å². The number of unbranched alkanes of at least 4 members (excludes halogenated alkanes) is 1. The molecule has 0 saturated carbocycles. The number of thioether (sulfide) groups is 2. The molecule has 0 N–H and O–H groups in total. The molecule has 3 rings (SSSR count). The van der Waals surface area contributed by atoms with Crippen LogP contribution in [-0.4, -0.2) is 31.1 Å². The van der Waals surface area contributed by atoms with Crippen LogP contribution in [-0.2, 0) is 5.75 Å². The molecule has 11 heteroatoms. The van der Waals surface area contributed by atoms with Gasteiger partial charge in [0.05, 0.1) is 10.7 Å². The summed E-state index contributed by atoms with van der Waals surface area (Å²) in [5, 5.41) is 27.0. The number of nitrogens with zero attached hydrogens (tertiary/aromatic N) is 5. The van der Waals surface area contributed by atoms with Gasteiger partial charge >= 0.3 is 0 Å². The first-order chi connectivity index (χ1) is 12.7. The van der Waals surface area contributed by atoms with Gasteiger partial charge in [0.25, 0.3) is 5.69 Å². The summed E-state index contributed by atoms with van der Waals surface area (Å²) in [4.78, 5) is 10.2. The number of benzene rings is 1. The van der Waals surface area contributed by atoms with E-state index in [1.807, 2.05) is 0 Å². The maximum atomic E-state index is 10.7. The zero-order valence-corrected chi connectivity index (χ0v) is 16.3. The second-order valence-corrected chi connectivity index (χ2v) is 8.67. The fourth-order valence-electron chi connectivity index (χ4n) is 1.90. The van der Waals surface area contributed by atoms with Crippen molar-refractivity contribution in [3.8, 4) is 11.5 Å². The summed E-state index contributed by atoms with van der Waals surface area (Å²) in [6, 6.07) is 6.00. The average Bonchev–Trinajstić information content (AvgIpc) is 3.30. The first kappa shape index (κ1) is 18.8. The quantitative estimate of drug-likeness (QED) is 0.215. The molecule has 0 aliphatic rings. The minimum absolute atomic E-state index is 0.0212. The SMILES string of the molecule is CCCCSc1nnc(SCc2nnc(-c3ccc([N+](=O)[O-])cc3)o2)s1. The largest absolute Gasteiger partial charge is 0.420 e. The van der Waals surface area contributed by atoms with E-state index < -0.39 is 4.92 Å². The molecule has 0 aliphatic carbocycles. The molecular formula is C15H15N5O3S3. The summed E-state index contributed by atoms with van der Waals surface area (Å²) < 4.78 is 7.45. The molecule has 0 saturated heterocycles. The van der Waals surface area contributed by atoms with E-state index in [2.05, 4.69) is 27.3 Å². The molecule has 0 aliphatic heterocycles. The van der Waals surface area contributed by atoms with Gasteiger partial charge in [-0.25, -0.2) is 0 Å². The highest BCUT2D eigenvalue weighted by molar-refractivity contribution is 8.02. The van der Waals surface area contributed by atoms with E-state index in [9.17, 15) is 10.1 Å². The Morgan fingerprint density at radius 2 is 1.85 bits per heavy atom. The number of non-ortho nitro benzene ring substituents is 1. The maximum absolute atomic E-state index is 10.7. The molecule has 2 heterocycles. The van der Waals surface area contributed by atoms with Crippen molar-refractivity contribution in [3.05, 3.63) is 40.3 Å². The highest BCUT2D eigenvalue weighted by Gasteiger charge is 2.12. The molecule has 0 amide bonds. The molecule has 26 heavy (non-hydrogen) atoms.